The number of nitrogens with one attached hydrogen (secondary N) is 1. The van der Waals surface area contributed by atoms with Gasteiger partial charge in [-0.25, -0.2) is 4.98 Å². The zero-order valence-electron chi connectivity index (χ0n) is 11.5. The third-order valence-electron chi connectivity index (χ3n) is 3.53. The van der Waals surface area contributed by atoms with Crippen LogP contribution in [-0.4, -0.2) is 18.1 Å². The summed E-state index contributed by atoms with van der Waals surface area (Å²) >= 11 is 6.23. The van der Waals surface area contributed by atoms with Gasteiger partial charge in [-0.15, -0.1) is 0 Å². The minimum absolute atomic E-state index is 0.656. The predicted molar refractivity (Wildman–Crippen MR) is 83.6 cm³/mol. The maximum atomic E-state index is 6.23. The Morgan fingerprint density at radius 1 is 1.20 bits per heavy atom. The van der Waals surface area contributed by atoms with E-state index in [1.54, 1.807) is 0 Å². The van der Waals surface area contributed by atoms with E-state index in [2.05, 4.69) is 27.3 Å². The van der Waals surface area contributed by atoms with Crippen LogP contribution in [0.1, 0.15) is 18.5 Å². The van der Waals surface area contributed by atoms with Crippen LogP contribution in [0.5, 0.6) is 0 Å². The van der Waals surface area contributed by atoms with Crippen molar-refractivity contribution in [3.8, 4) is 0 Å². The number of rotatable bonds is 5. The fourth-order valence-corrected chi connectivity index (χ4v) is 2.27. The molecule has 0 spiro atoms. The second-order valence-corrected chi connectivity index (χ2v) is 5.55. The average Bonchev–Trinajstić information content (AvgIpc) is 3.31. The first kappa shape index (κ1) is 13.4. The van der Waals surface area contributed by atoms with Crippen molar-refractivity contribution in [3.05, 3.63) is 53.2 Å². The lowest BCUT2D eigenvalue weighted by Gasteiger charge is -2.19. The standard InChI is InChI=1S/C16H18ClN3/c1-20(13-5-3-2-4-6-13)16-10-9-14(17)15(19-16)11-18-12-7-8-12/h2-6,9-10,12,18H,7-8,11H2,1H3. The maximum Gasteiger partial charge on any atom is 0.133 e. The molecule has 0 amide bonds. The monoisotopic (exact) mass is 287 g/mol. The van der Waals surface area contributed by atoms with Crippen molar-refractivity contribution in [1.82, 2.24) is 10.3 Å². The molecule has 0 bridgehead atoms. The molecule has 0 aliphatic heterocycles. The van der Waals surface area contributed by atoms with Crippen LogP contribution in [0.4, 0.5) is 11.5 Å². The number of anilines is 2. The van der Waals surface area contributed by atoms with E-state index in [0.29, 0.717) is 6.04 Å². The van der Waals surface area contributed by atoms with E-state index in [0.717, 1.165) is 28.8 Å². The van der Waals surface area contributed by atoms with Gasteiger partial charge in [-0.1, -0.05) is 29.8 Å². The lowest BCUT2D eigenvalue weighted by molar-refractivity contribution is 0.674. The highest BCUT2D eigenvalue weighted by Crippen LogP contribution is 2.25. The predicted octanol–water partition coefficient (Wildman–Crippen LogP) is 3.75. The Morgan fingerprint density at radius 2 is 1.95 bits per heavy atom. The maximum absolute atomic E-state index is 6.23. The average molecular weight is 288 g/mol. The molecule has 20 heavy (non-hydrogen) atoms. The lowest BCUT2D eigenvalue weighted by Crippen LogP contribution is -2.18. The number of aromatic nitrogens is 1. The summed E-state index contributed by atoms with van der Waals surface area (Å²) in [6.45, 7) is 0.736. The fourth-order valence-electron chi connectivity index (χ4n) is 2.10. The van der Waals surface area contributed by atoms with Gasteiger partial charge in [0.15, 0.2) is 0 Å². The first-order valence-electron chi connectivity index (χ1n) is 6.91. The third kappa shape index (κ3) is 3.11. The summed E-state index contributed by atoms with van der Waals surface area (Å²) in [6.07, 6.45) is 2.53. The number of pyridine rings is 1. The molecule has 0 radical (unpaired) electrons. The van der Waals surface area contributed by atoms with E-state index in [4.69, 9.17) is 11.6 Å². The molecule has 1 heterocycles. The minimum atomic E-state index is 0.656. The smallest absolute Gasteiger partial charge is 0.133 e. The number of nitrogens with zero attached hydrogens (tertiary/aromatic N) is 2. The first-order valence-corrected chi connectivity index (χ1v) is 7.29. The largest absolute Gasteiger partial charge is 0.329 e. The normalized spacial score (nSPS) is 14.3. The zero-order valence-corrected chi connectivity index (χ0v) is 12.3. The van der Waals surface area contributed by atoms with Crippen LogP contribution >= 0.6 is 11.6 Å². The summed E-state index contributed by atoms with van der Waals surface area (Å²) in [6, 6.07) is 14.7. The quantitative estimate of drug-likeness (QED) is 0.908. The van der Waals surface area contributed by atoms with Gasteiger partial charge in [0.2, 0.25) is 0 Å². The summed E-state index contributed by atoms with van der Waals surface area (Å²) in [5.74, 6) is 0.910. The van der Waals surface area contributed by atoms with E-state index in [1.807, 2.05) is 37.4 Å². The van der Waals surface area contributed by atoms with Gasteiger partial charge in [-0.3, -0.25) is 0 Å². The van der Waals surface area contributed by atoms with Crippen LogP contribution in [0.3, 0.4) is 0 Å². The van der Waals surface area contributed by atoms with Gasteiger partial charge < -0.3 is 10.2 Å². The summed E-state index contributed by atoms with van der Waals surface area (Å²) < 4.78 is 0. The number of hydrogen-bond acceptors (Lipinski definition) is 3. The van der Waals surface area contributed by atoms with Gasteiger partial charge in [0, 0.05) is 25.3 Å². The number of benzene rings is 1. The second kappa shape index (κ2) is 5.81. The molecule has 3 rings (SSSR count). The highest BCUT2D eigenvalue weighted by atomic mass is 35.5. The van der Waals surface area contributed by atoms with Gasteiger partial charge in [0.25, 0.3) is 0 Å². The molecule has 0 unspecified atom stereocenters. The number of hydrogen-bond donors (Lipinski definition) is 1. The molecule has 3 nitrogen and oxygen atoms in total. The van der Waals surface area contributed by atoms with Crippen LogP contribution in [-0.2, 0) is 6.54 Å². The molecule has 104 valence electrons. The van der Waals surface area contributed by atoms with Crippen molar-refractivity contribution in [1.29, 1.82) is 0 Å². The fraction of sp³-hybridized carbons (Fsp3) is 0.312. The Morgan fingerprint density at radius 3 is 2.65 bits per heavy atom. The van der Waals surface area contributed by atoms with E-state index in [-0.39, 0.29) is 0 Å². The van der Waals surface area contributed by atoms with Crippen molar-refractivity contribution >= 4 is 23.1 Å². The summed E-state index contributed by atoms with van der Waals surface area (Å²) in [7, 11) is 2.02. The molecule has 2 aromatic rings. The summed E-state index contributed by atoms with van der Waals surface area (Å²) in [5.41, 5.74) is 2.03. The summed E-state index contributed by atoms with van der Waals surface area (Å²) in [4.78, 5) is 6.75. The molecular formula is C16H18ClN3. The van der Waals surface area contributed by atoms with Gasteiger partial charge in [0.1, 0.15) is 5.82 Å². The van der Waals surface area contributed by atoms with Crippen molar-refractivity contribution < 1.29 is 0 Å². The van der Waals surface area contributed by atoms with E-state index in [9.17, 15) is 0 Å². The lowest BCUT2D eigenvalue weighted by atomic mass is 10.3. The Labute approximate surface area is 124 Å². The topological polar surface area (TPSA) is 28.2 Å². The minimum Gasteiger partial charge on any atom is -0.329 e. The molecule has 1 saturated carbocycles. The Hall–Kier alpha value is -1.58. The van der Waals surface area contributed by atoms with E-state index < -0.39 is 0 Å². The van der Waals surface area contributed by atoms with Crippen LogP contribution in [0.25, 0.3) is 0 Å². The molecule has 0 atom stereocenters. The molecule has 1 fully saturated rings. The van der Waals surface area contributed by atoms with Gasteiger partial charge >= 0.3 is 0 Å². The van der Waals surface area contributed by atoms with Crippen molar-refractivity contribution in [2.75, 3.05) is 11.9 Å². The van der Waals surface area contributed by atoms with E-state index in [1.165, 1.54) is 12.8 Å². The van der Waals surface area contributed by atoms with Crippen molar-refractivity contribution in [3.63, 3.8) is 0 Å². The molecule has 1 aromatic carbocycles. The highest BCUT2D eigenvalue weighted by molar-refractivity contribution is 6.31. The zero-order chi connectivity index (χ0) is 13.9. The van der Waals surface area contributed by atoms with Crippen LogP contribution in [0.2, 0.25) is 5.02 Å². The van der Waals surface area contributed by atoms with E-state index >= 15 is 0 Å². The van der Waals surface area contributed by atoms with Gasteiger partial charge in [0.05, 0.1) is 10.7 Å². The SMILES string of the molecule is CN(c1ccccc1)c1ccc(Cl)c(CNC2CC2)n1. The third-order valence-corrected chi connectivity index (χ3v) is 3.87. The van der Waals surface area contributed by atoms with Crippen molar-refractivity contribution in [2.24, 2.45) is 0 Å². The number of para-hydroxylation sites is 1. The Bertz CT molecular complexity index is 582. The molecule has 1 aliphatic carbocycles. The Balaban J connectivity index is 1.80. The Kier molecular flexibility index (Phi) is 3.90. The first-order chi connectivity index (χ1) is 9.74. The second-order valence-electron chi connectivity index (χ2n) is 5.15. The highest BCUT2D eigenvalue weighted by Gasteiger charge is 2.21. The van der Waals surface area contributed by atoms with Crippen LogP contribution < -0.4 is 10.2 Å². The number of halogens is 1. The van der Waals surface area contributed by atoms with Crippen LogP contribution in [0, 0.1) is 0 Å². The molecule has 4 heteroatoms. The molecule has 0 saturated heterocycles. The molecule has 1 N–H and O–H groups in total. The van der Waals surface area contributed by atoms with Crippen LogP contribution in [0.15, 0.2) is 42.5 Å². The van der Waals surface area contributed by atoms with Gasteiger partial charge in [-0.2, -0.15) is 0 Å². The molecule has 1 aliphatic rings. The molecular weight excluding hydrogens is 270 g/mol. The molecule has 1 aromatic heterocycles. The summed E-state index contributed by atoms with van der Waals surface area (Å²) in [5, 5.41) is 4.18. The van der Waals surface area contributed by atoms with Gasteiger partial charge in [-0.05, 0) is 37.1 Å². The van der Waals surface area contributed by atoms with Crippen molar-refractivity contribution in [2.45, 2.75) is 25.4 Å².